The fourth-order valence-corrected chi connectivity index (χ4v) is 3.26. The molecule has 1 aliphatic carbocycles. The molecular weight excluding hydrogens is 367 g/mol. The molecular formula is C20H19FN2O5. The van der Waals surface area contributed by atoms with Crippen LogP contribution in [0.15, 0.2) is 42.5 Å². The van der Waals surface area contributed by atoms with E-state index in [9.17, 15) is 24.1 Å². The van der Waals surface area contributed by atoms with E-state index in [2.05, 4.69) is 5.32 Å². The third-order valence-corrected chi connectivity index (χ3v) is 4.95. The fourth-order valence-electron chi connectivity index (χ4n) is 3.26. The van der Waals surface area contributed by atoms with Crippen molar-refractivity contribution in [3.05, 3.63) is 69.5 Å². The molecule has 0 bridgehead atoms. The minimum Gasteiger partial charge on any atom is -0.455 e. The van der Waals surface area contributed by atoms with Gasteiger partial charge in [0, 0.05) is 6.07 Å². The Bertz CT molecular complexity index is 923. The average Bonchev–Trinajstić information content (AvgIpc) is 2.62. The van der Waals surface area contributed by atoms with Crippen molar-refractivity contribution < 1.29 is 23.6 Å². The summed E-state index contributed by atoms with van der Waals surface area (Å²) in [6.45, 7) is 1.14. The second kappa shape index (κ2) is 7.75. The summed E-state index contributed by atoms with van der Waals surface area (Å²) in [5.41, 5.74) is 0.265. The third-order valence-electron chi connectivity index (χ3n) is 4.95. The molecule has 0 aliphatic heterocycles. The fraction of sp³-hybridized carbons (Fsp3) is 0.300. The van der Waals surface area contributed by atoms with Crippen LogP contribution >= 0.6 is 0 Å². The zero-order chi connectivity index (χ0) is 20.3. The Morgan fingerprint density at radius 3 is 2.46 bits per heavy atom. The van der Waals surface area contributed by atoms with Crippen molar-refractivity contribution in [2.24, 2.45) is 0 Å². The summed E-state index contributed by atoms with van der Waals surface area (Å²) < 4.78 is 18.3. The molecule has 0 atom stereocenters. The number of carbonyl (C=O) groups excluding carboxylic acids is 2. The molecule has 0 radical (unpaired) electrons. The van der Waals surface area contributed by atoms with Crippen LogP contribution < -0.4 is 5.32 Å². The molecule has 28 heavy (non-hydrogen) atoms. The van der Waals surface area contributed by atoms with Crippen LogP contribution in [-0.2, 0) is 19.7 Å². The van der Waals surface area contributed by atoms with Crippen LogP contribution in [0.2, 0.25) is 0 Å². The predicted molar refractivity (Wildman–Crippen MR) is 99.4 cm³/mol. The van der Waals surface area contributed by atoms with Crippen molar-refractivity contribution in [1.29, 1.82) is 0 Å². The lowest BCUT2D eigenvalue weighted by atomic mass is 9.64. The Morgan fingerprint density at radius 2 is 1.89 bits per heavy atom. The van der Waals surface area contributed by atoms with Crippen molar-refractivity contribution in [3.63, 3.8) is 0 Å². The number of nitro benzene ring substituents is 1. The van der Waals surface area contributed by atoms with Crippen LogP contribution in [0.5, 0.6) is 0 Å². The second-order valence-electron chi connectivity index (χ2n) is 6.84. The monoisotopic (exact) mass is 386 g/mol. The molecule has 1 amide bonds. The molecule has 1 N–H and O–H groups in total. The van der Waals surface area contributed by atoms with Crippen molar-refractivity contribution in [3.8, 4) is 0 Å². The normalized spacial score (nSPS) is 14.6. The van der Waals surface area contributed by atoms with E-state index in [1.54, 1.807) is 25.1 Å². The summed E-state index contributed by atoms with van der Waals surface area (Å²) in [5.74, 6) is -1.63. The van der Waals surface area contributed by atoms with Gasteiger partial charge in [0.1, 0.15) is 11.5 Å². The van der Waals surface area contributed by atoms with Gasteiger partial charge in [0.05, 0.1) is 10.3 Å². The van der Waals surface area contributed by atoms with Gasteiger partial charge in [-0.3, -0.25) is 19.7 Å². The number of carbonyl (C=O) groups is 2. The zero-order valence-electron chi connectivity index (χ0n) is 15.2. The van der Waals surface area contributed by atoms with E-state index >= 15 is 0 Å². The van der Waals surface area contributed by atoms with Gasteiger partial charge < -0.3 is 10.1 Å². The van der Waals surface area contributed by atoms with Gasteiger partial charge in [-0.2, -0.15) is 0 Å². The Morgan fingerprint density at radius 1 is 1.21 bits per heavy atom. The number of hydrogen-bond acceptors (Lipinski definition) is 5. The summed E-state index contributed by atoms with van der Waals surface area (Å²) in [6, 6.07) is 10.1. The lowest BCUT2D eigenvalue weighted by Gasteiger charge is -2.39. The van der Waals surface area contributed by atoms with Crippen LogP contribution in [0.25, 0.3) is 0 Å². The van der Waals surface area contributed by atoms with E-state index in [1.165, 1.54) is 24.3 Å². The topological polar surface area (TPSA) is 98.5 Å². The highest BCUT2D eigenvalue weighted by molar-refractivity contribution is 5.95. The first-order chi connectivity index (χ1) is 13.3. The number of nitro groups is 1. The largest absolute Gasteiger partial charge is 0.455 e. The Hall–Kier alpha value is -3.29. The summed E-state index contributed by atoms with van der Waals surface area (Å²) in [6.07, 6.45) is 1.94. The number of hydrogen-bond donors (Lipinski definition) is 1. The maximum atomic E-state index is 13.2. The van der Waals surface area contributed by atoms with Gasteiger partial charge in [0.15, 0.2) is 6.61 Å². The van der Waals surface area contributed by atoms with Crippen LogP contribution in [0, 0.1) is 22.9 Å². The smallest absolute Gasteiger partial charge is 0.317 e. The van der Waals surface area contributed by atoms with Gasteiger partial charge in [0.25, 0.3) is 11.6 Å². The van der Waals surface area contributed by atoms with E-state index in [4.69, 9.17) is 4.74 Å². The van der Waals surface area contributed by atoms with Gasteiger partial charge >= 0.3 is 5.97 Å². The summed E-state index contributed by atoms with van der Waals surface area (Å²) in [7, 11) is 0. The Balaban J connectivity index is 1.65. The van der Waals surface area contributed by atoms with E-state index in [1.807, 2.05) is 0 Å². The standard InChI is InChI=1S/C20H19FN2O5/c1-13-3-8-16(17(11-13)23(26)27)22-18(24)12-28-19(25)20(9-2-10-20)14-4-6-15(21)7-5-14/h3-8,11H,2,9-10,12H2,1H3,(H,22,24). The van der Waals surface area contributed by atoms with Crippen LogP contribution in [0.4, 0.5) is 15.8 Å². The molecule has 1 saturated carbocycles. The van der Waals surface area contributed by atoms with E-state index in [0.717, 1.165) is 6.42 Å². The predicted octanol–water partition coefficient (Wildman–Crippen LogP) is 3.65. The number of amides is 1. The van der Waals surface area contributed by atoms with Crippen LogP contribution in [0.3, 0.4) is 0 Å². The van der Waals surface area contributed by atoms with Crippen LogP contribution in [0.1, 0.15) is 30.4 Å². The van der Waals surface area contributed by atoms with Crippen LogP contribution in [-0.4, -0.2) is 23.4 Å². The van der Waals surface area contributed by atoms with Gasteiger partial charge in [-0.25, -0.2) is 4.39 Å². The number of nitrogens with one attached hydrogen (secondary N) is 1. The second-order valence-corrected chi connectivity index (χ2v) is 6.84. The quantitative estimate of drug-likeness (QED) is 0.464. The first kappa shape index (κ1) is 19.5. The highest BCUT2D eigenvalue weighted by Gasteiger charge is 2.47. The Labute approximate surface area is 160 Å². The molecule has 3 rings (SSSR count). The number of halogens is 1. The molecule has 8 heteroatoms. The molecule has 7 nitrogen and oxygen atoms in total. The highest BCUT2D eigenvalue weighted by atomic mass is 19.1. The number of aryl methyl sites for hydroxylation is 1. The van der Waals surface area contributed by atoms with E-state index in [-0.39, 0.29) is 11.4 Å². The average molecular weight is 386 g/mol. The van der Waals surface area contributed by atoms with Gasteiger partial charge in [0.2, 0.25) is 0 Å². The molecule has 2 aromatic carbocycles. The highest BCUT2D eigenvalue weighted by Crippen LogP contribution is 2.44. The van der Waals surface area contributed by atoms with Crippen molar-refractivity contribution in [1.82, 2.24) is 0 Å². The maximum absolute atomic E-state index is 13.2. The molecule has 1 aliphatic rings. The molecule has 1 fully saturated rings. The molecule has 0 spiro atoms. The molecule has 0 unspecified atom stereocenters. The van der Waals surface area contributed by atoms with Crippen molar-refractivity contribution in [2.75, 3.05) is 11.9 Å². The number of esters is 1. The summed E-state index contributed by atoms with van der Waals surface area (Å²) in [4.78, 5) is 35.3. The number of anilines is 1. The summed E-state index contributed by atoms with van der Waals surface area (Å²) in [5, 5.41) is 13.5. The van der Waals surface area contributed by atoms with E-state index in [0.29, 0.717) is 24.0 Å². The van der Waals surface area contributed by atoms with E-state index < -0.39 is 34.6 Å². The first-order valence-corrected chi connectivity index (χ1v) is 8.80. The molecule has 0 aromatic heterocycles. The minimum atomic E-state index is -0.871. The van der Waals surface area contributed by atoms with Gasteiger partial charge in [-0.15, -0.1) is 0 Å². The SMILES string of the molecule is Cc1ccc(NC(=O)COC(=O)C2(c3ccc(F)cc3)CCC2)c([N+](=O)[O-])c1. The third kappa shape index (κ3) is 3.85. The van der Waals surface area contributed by atoms with Gasteiger partial charge in [-0.05, 0) is 49.1 Å². The number of benzene rings is 2. The first-order valence-electron chi connectivity index (χ1n) is 8.80. The van der Waals surface area contributed by atoms with Crippen molar-refractivity contribution >= 4 is 23.3 Å². The Kier molecular flexibility index (Phi) is 5.39. The number of nitrogens with zero attached hydrogens (tertiary/aromatic N) is 1. The molecule has 2 aromatic rings. The lowest BCUT2D eigenvalue weighted by Crippen LogP contribution is -2.44. The molecule has 0 heterocycles. The minimum absolute atomic E-state index is 0.0357. The maximum Gasteiger partial charge on any atom is 0.317 e. The molecule has 146 valence electrons. The summed E-state index contributed by atoms with van der Waals surface area (Å²) >= 11 is 0. The van der Waals surface area contributed by atoms with Gasteiger partial charge in [-0.1, -0.05) is 24.6 Å². The number of ether oxygens (including phenoxy) is 1. The number of rotatable bonds is 6. The molecule has 0 saturated heterocycles. The lowest BCUT2D eigenvalue weighted by molar-refractivity contribution is -0.384. The zero-order valence-corrected chi connectivity index (χ0v) is 15.2. The van der Waals surface area contributed by atoms with Crippen molar-refractivity contribution in [2.45, 2.75) is 31.6 Å².